The molecule has 0 aliphatic carbocycles. The zero-order chi connectivity index (χ0) is 12.3. The fraction of sp³-hybridized carbons (Fsp3) is 0.429. The van der Waals surface area contributed by atoms with Gasteiger partial charge in [-0.2, -0.15) is 12.8 Å². The van der Waals surface area contributed by atoms with Crippen LogP contribution in [-0.2, 0) is 14.8 Å². The van der Waals surface area contributed by atoms with E-state index in [1.807, 2.05) is 0 Å². The average Bonchev–Trinajstić information content (AvgIpc) is 2.49. The lowest BCUT2D eigenvalue weighted by Gasteiger charge is -1.92. The van der Waals surface area contributed by atoms with Gasteiger partial charge < -0.3 is 5.32 Å². The van der Waals surface area contributed by atoms with Gasteiger partial charge in [0.2, 0.25) is 11.0 Å². The van der Waals surface area contributed by atoms with Gasteiger partial charge in [-0.3, -0.25) is 4.79 Å². The van der Waals surface area contributed by atoms with Crippen molar-refractivity contribution in [2.24, 2.45) is 4.40 Å². The van der Waals surface area contributed by atoms with Crippen molar-refractivity contribution in [3.63, 3.8) is 0 Å². The van der Waals surface area contributed by atoms with Crippen LogP contribution in [0.5, 0.6) is 0 Å². The number of hydrogen-bond donors (Lipinski definition) is 1. The standard InChI is InChI=1S/C7H10N4O3S2/c1-4(2)11-16(13,14)7-10-9-6(15-7)8-5(3)12/h1-3H3,(H,8,9,12). The van der Waals surface area contributed by atoms with Crippen LogP contribution in [0.3, 0.4) is 0 Å². The number of aromatic nitrogens is 2. The van der Waals surface area contributed by atoms with Crippen LogP contribution >= 0.6 is 11.3 Å². The van der Waals surface area contributed by atoms with Crippen LogP contribution in [0.15, 0.2) is 8.74 Å². The zero-order valence-corrected chi connectivity index (χ0v) is 10.5. The van der Waals surface area contributed by atoms with Crippen LogP contribution in [0.2, 0.25) is 0 Å². The maximum absolute atomic E-state index is 11.5. The molecule has 0 aliphatic heterocycles. The van der Waals surface area contributed by atoms with Gasteiger partial charge in [-0.15, -0.1) is 10.2 Å². The molecule has 0 atom stereocenters. The van der Waals surface area contributed by atoms with Gasteiger partial charge in [-0.25, -0.2) is 0 Å². The molecule has 9 heteroatoms. The number of sulfonamides is 1. The smallest absolute Gasteiger partial charge is 0.301 e. The Balaban J connectivity index is 3.03. The van der Waals surface area contributed by atoms with Gasteiger partial charge in [-0.1, -0.05) is 11.3 Å². The second-order valence-corrected chi connectivity index (χ2v) is 5.82. The third-order valence-corrected chi connectivity index (χ3v) is 3.86. The molecule has 0 saturated carbocycles. The van der Waals surface area contributed by atoms with Gasteiger partial charge in [0, 0.05) is 12.6 Å². The first kappa shape index (κ1) is 12.7. The van der Waals surface area contributed by atoms with Crippen molar-refractivity contribution in [1.82, 2.24) is 10.2 Å². The van der Waals surface area contributed by atoms with Crippen LogP contribution < -0.4 is 5.32 Å². The number of hydrogen-bond acceptors (Lipinski definition) is 6. The Bertz CT molecular complexity index is 528. The molecule has 88 valence electrons. The van der Waals surface area contributed by atoms with E-state index in [0.717, 1.165) is 11.3 Å². The van der Waals surface area contributed by atoms with Gasteiger partial charge in [0.05, 0.1) is 0 Å². The van der Waals surface area contributed by atoms with Crippen molar-refractivity contribution in [2.45, 2.75) is 25.1 Å². The summed E-state index contributed by atoms with van der Waals surface area (Å²) in [4.78, 5) is 10.7. The molecule has 1 aromatic heterocycles. The second kappa shape index (κ2) is 4.66. The highest BCUT2D eigenvalue weighted by Gasteiger charge is 2.19. The lowest BCUT2D eigenvalue weighted by molar-refractivity contribution is -0.114. The lowest BCUT2D eigenvalue weighted by atomic mass is 10.5. The maximum atomic E-state index is 11.5. The number of carbonyl (C=O) groups excluding carboxylic acids is 1. The summed E-state index contributed by atoms with van der Waals surface area (Å²) in [5.74, 6) is -0.338. The Labute approximate surface area is 96.7 Å². The highest BCUT2D eigenvalue weighted by molar-refractivity contribution is 7.92. The van der Waals surface area contributed by atoms with E-state index in [0.29, 0.717) is 5.71 Å². The van der Waals surface area contributed by atoms with Crippen LogP contribution in [-0.4, -0.2) is 30.2 Å². The highest BCUT2D eigenvalue weighted by atomic mass is 32.2. The van der Waals surface area contributed by atoms with Crippen molar-refractivity contribution in [2.75, 3.05) is 5.32 Å². The molecule has 0 aliphatic rings. The largest absolute Gasteiger partial charge is 0.311 e. The predicted octanol–water partition coefficient (Wildman–Crippen LogP) is 0.666. The monoisotopic (exact) mass is 262 g/mol. The summed E-state index contributed by atoms with van der Waals surface area (Å²) in [5, 5.41) is 9.45. The van der Waals surface area contributed by atoms with Crippen LogP contribution in [0.1, 0.15) is 20.8 Å². The van der Waals surface area contributed by atoms with E-state index >= 15 is 0 Å². The minimum atomic E-state index is -3.79. The van der Waals surface area contributed by atoms with E-state index in [1.54, 1.807) is 13.8 Å². The number of nitrogens with one attached hydrogen (secondary N) is 1. The first-order valence-electron chi connectivity index (χ1n) is 4.20. The molecule has 16 heavy (non-hydrogen) atoms. The molecule has 1 amide bonds. The molecule has 0 radical (unpaired) electrons. The average molecular weight is 262 g/mol. The van der Waals surface area contributed by atoms with Crippen LogP contribution in [0.25, 0.3) is 0 Å². The topological polar surface area (TPSA) is 101 Å². The lowest BCUT2D eigenvalue weighted by Crippen LogP contribution is -2.04. The third-order valence-electron chi connectivity index (χ3n) is 1.21. The first-order chi connectivity index (χ1) is 7.31. The van der Waals surface area contributed by atoms with Gasteiger partial charge in [0.15, 0.2) is 0 Å². The minimum absolute atomic E-state index is 0.134. The summed E-state index contributed by atoms with van der Waals surface area (Å²) < 4.78 is 26.3. The van der Waals surface area contributed by atoms with Gasteiger partial charge in [-0.05, 0) is 13.8 Å². The first-order valence-corrected chi connectivity index (χ1v) is 6.46. The van der Waals surface area contributed by atoms with E-state index in [9.17, 15) is 13.2 Å². The zero-order valence-electron chi connectivity index (χ0n) is 8.88. The molecule has 0 bridgehead atoms. The van der Waals surface area contributed by atoms with Gasteiger partial charge >= 0.3 is 10.0 Å². The molecule has 0 aromatic carbocycles. The van der Waals surface area contributed by atoms with E-state index in [-0.39, 0.29) is 15.4 Å². The van der Waals surface area contributed by atoms with Gasteiger partial charge in [0.25, 0.3) is 4.34 Å². The van der Waals surface area contributed by atoms with Crippen LogP contribution in [0.4, 0.5) is 5.13 Å². The quantitative estimate of drug-likeness (QED) is 0.637. The molecular weight excluding hydrogens is 252 g/mol. The molecule has 7 nitrogen and oxygen atoms in total. The van der Waals surface area contributed by atoms with Crippen LogP contribution in [0, 0.1) is 0 Å². The van der Waals surface area contributed by atoms with E-state index in [2.05, 4.69) is 19.9 Å². The van der Waals surface area contributed by atoms with Crippen molar-refractivity contribution in [1.29, 1.82) is 0 Å². The number of carbonyl (C=O) groups is 1. The molecule has 1 N–H and O–H groups in total. The molecule has 1 heterocycles. The summed E-state index contributed by atoms with van der Waals surface area (Å²) in [6.45, 7) is 4.42. The normalized spacial score (nSPS) is 10.9. The van der Waals surface area contributed by atoms with E-state index in [1.165, 1.54) is 6.92 Å². The maximum Gasteiger partial charge on any atom is 0.311 e. The van der Waals surface area contributed by atoms with Crippen molar-refractivity contribution in [3.8, 4) is 0 Å². The van der Waals surface area contributed by atoms with Crippen molar-refractivity contribution in [3.05, 3.63) is 0 Å². The summed E-state index contributed by atoms with van der Waals surface area (Å²) in [7, 11) is -3.79. The van der Waals surface area contributed by atoms with E-state index in [4.69, 9.17) is 0 Å². The SMILES string of the molecule is CC(=O)Nc1nnc(S(=O)(=O)N=C(C)C)s1. The minimum Gasteiger partial charge on any atom is -0.301 e. The van der Waals surface area contributed by atoms with Gasteiger partial charge in [0.1, 0.15) is 0 Å². The Morgan fingerprint density at radius 3 is 2.44 bits per heavy atom. The van der Waals surface area contributed by atoms with E-state index < -0.39 is 10.0 Å². The fourth-order valence-electron chi connectivity index (χ4n) is 0.795. The second-order valence-electron chi connectivity index (χ2n) is 3.07. The summed E-state index contributed by atoms with van der Waals surface area (Å²) in [6.07, 6.45) is 0. The Hall–Kier alpha value is -1.35. The molecule has 0 saturated heterocycles. The summed E-state index contributed by atoms with van der Waals surface area (Å²) in [5.41, 5.74) is 0.399. The highest BCUT2D eigenvalue weighted by Crippen LogP contribution is 2.21. The number of anilines is 1. The summed E-state index contributed by atoms with van der Waals surface area (Å²) in [6, 6.07) is 0. The Kier molecular flexibility index (Phi) is 3.70. The molecule has 1 aromatic rings. The number of amides is 1. The number of rotatable bonds is 3. The van der Waals surface area contributed by atoms with Crippen molar-refractivity contribution < 1.29 is 13.2 Å². The molecule has 1 rings (SSSR count). The molecule has 0 unspecified atom stereocenters. The number of nitrogens with zero attached hydrogens (tertiary/aromatic N) is 3. The molecule has 0 spiro atoms. The molecular formula is C7H10N4O3S2. The summed E-state index contributed by atoms with van der Waals surface area (Å²) >= 11 is 0.761. The Morgan fingerprint density at radius 2 is 1.94 bits per heavy atom. The third kappa shape index (κ3) is 3.35. The molecule has 0 fully saturated rings. The van der Waals surface area contributed by atoms with Crippen molar-refractivity contribution >= 4 is 38.1 Å². The fourth-order valence-corrected chi connectivity index (χ4v) is 2.79. The predicted molar refractivity (Wildman–Crippen MR) is 60.2 cm³/mol. The Morgan fingerprint density at radius 1 is 1.31 bits per heavy atom.